The van der Waals surface area contributed by atoms with E-state index in [0.717, 1.165) is 66.8 Å². The van der Waals surface area contributed by atoms with Crippen molar-refractivity contribution in [2.45, 2.75) is 77.0 Å². The summed E-state index contributed by atoms with van der Waals surface area (Å²) in [7, 11) is 3.24. The molecule has 0 aromatic carbocycles. The monoisotopic (exact) mass is 520 g/mol. The second-order valence-electron chi connectivity index (χ2n) is 9.42. The Morgan fingerprint density at radius 2 is 1.94 bits per heavy atom. The Balaban J connectivity index is 1.42. The van der Waals surface area contributed by atoms with Crippen molar-refractivity contribution in [1.82, 2.24) is 9.88 Å². The van der Waals surface area contributed by atoms with Crippen molar-refractivity contribution in [2.75, 3.05) is 14.2 Å². The molecule has 7 nitrogen and oxygen atoms in total. The van der Waals surface area contributed by atoms with Gasteiger partial charge in [0.15, 0.2) is 0 Å². The molecule has 2 aliphatic rings. The molecule has 0 bridgehead atoms. The second kappa shape index (κ2) is 11.6. The summed E-state index contributed by atoms with van der Waals surface area (Å²) in [5.41, 5.74) is 2.36. The zero-order valence-electron chi connectivity index (χ0n) is 20.5. The molecule has 0 radical (unpaired) electrons. The van der Waals surface area contributed by atoms with Crippen LogP contribution in [0.1, 0.15) is 62.6 Å². The number of aryl methyl sites for hydroxylation is 1. The first-order chi connectivity index (χ1) is 16.9. The molecular weight excluding hydrogens is 488 g/mol. The van der Waals surface area contributed by atoms with Crippen molar-refractivity contribution >= 4 is 35.0 Å². The van der Waals surface area contributed by atoms with Crippen LogP contribution >= 0.6 is 22.9 Å². The lowest BCUT2D eigenvalue weighted by Crippen LogP contribution is -2.35. The Morgan fingerprint density at radius 1 is 1.17 bits per heavy atom. The minimum Gasteiger partial charge on any atom is -0.489 e. The van der Waals surface area contributed by atoms with Crippen LogP contribution in [0.4, 0.5) is 4.79 Å². The number of hydrogen-bond acceptors (Lipinski definition) is 7. The molecule has 2 aliphatic carbocycles. The molecule has 0 aliphatic heterocycles. The summed E-state index contributed by atoms with van der Waals surface area (Å²) in [4.78, 5) is 31.8. The second-order valence-corrected chi connectivity index (χ2v) is 11.1. The number of aromatic nitrogens is 1. The van der Waals surface area contributed by atoms with Gasteiger partial charge in [0.05, 0.1) is 39.7 Å². The van der Waals surface area contributed by atoms with Crippen molar-refractivity contribution < 1.29 is 23.8 Å². The van der Waals surface area contributed by atoms with Gasteiger partial charge in [0.2, 0.25) is 0 Å². The number of methoxy groups -OCH3 is 1. The van der Waals surface area contributed by atoms with Crippen molar-refractivity contribution in [2.24, 2.45) is 5.92 Å². The topological polar surface area (TPSA) is 78.0 Å². The highest BCUT2D eigenvalue weighted by Gasteiger charge is 2.29. The first kappa shape index (κ1) is 25.8. The third-order valence-electron chi connectivity index (χ3n) is 7.01. The summed E-state index contributed by atoms with van der Waals surface area (Å²) in [6.07, 6.45) is 7.35. The van der Waals surface area contributed by atoms with Gasteiger partial charge in [-0.05, 0) is 63.6 Å². The van der Waals surface area contributed by atoms with Crippen molar-refractivity contribution in [3.05, 3.63) is 33.8 Å². The van der Waals surface area contributed by atoms with E-state index in [2.05, 4.69) is 0 Å². The fraction of sp³-hybridized carbons (Fsp3) is 0.577. The molecule has 4 rings (SSSR count). The Labute approximate surface area is 215 Å². The van der Waals surface area contributed by atoms with Crippen LogP contribution < -0.4 is 4.74 Å². The molecule has 2 aromatic heterocycles. The van der Waals surface area contributed by atoms with Crippen LogP contribution in [0, 0.1) is 12.8 Å². The highest BCUT2D eigenvalue weighted by atomic mass is 35.5. The molecule has 0 spiro atoms. The first-order valence-electron chi connectivity index (χ1n) is 12.3. The smallest absolute Gasteiger partial charge is 0.410 e. The lowest BCUT2D eigenvalue weighted by atomic mass is 9.87. The average Bonchev–Trinajstić information content (AvgIpc) is 3.53. The quantitative estimate of drug-likeness (QED) is 0.393. The summed E-state index contributed by atoms with van der Waals surface area (Å²) in [6, 6.07) is 5.91. The van der Waals surface area contributed by atoms with E-state index in [4.69, 9.17) is 30.8 Å². The van der Waals surface area contributed by atoms with Crippen LogP contribution in [0.25, 0.3) is 10.6 Å². The normalized spacial score (nSPS) is 20.5. The van der Waals surface area contributed by atoms with Gasteiger partial charge in [-0.1, -0.05) is 24.4 Å². The van der Waals surface area contributed by atoms with Crippen molar-refractivity contribution in [1.29, 1.82) is 0 Å². The van der Waals surface area contributed by atoms with Crippen LogP contribution in [0.3, 0.4) is 0 Å². The zero-order chi connectivity index (χ0) is 24.9. The standard InChI is InChI=1S/C26H33ClN2O5S/c1-16-22(34-20-10-6-7-17(13-20)25(30)32-3)12-11-21(28-16)24-18(14-23(27)35-24)15-33-26(31)29(2)19-8-4-5-9-19/h11-12,14,17,19-20H,4-10,13,15H2,1-3H3/t17-,20-/m0/s1. The van der Waals surface area contributed by atoms with Gasteiger partial charge in [-0.25, -0.2) is 9.78 Å². The van der Waals surface area contributed by atoms with Crippen LogP contribution in [0.2, 0.25) is 4.34 Å². The number of carbonyl (C=O) groups excluding carboxylic acids is 2. The van der Waals surface area contributed by atoms with E-state index in [1.54, 1.807) is 4.90 Å². The molecule has 2 saturated carbocycles. The van der Waals surface area contributed by atoms with Crippen molar-refractivity contribution in [3.8, 4) is 16.3 Å². The minimum absolute atomic E-state index is 0.0396. The van der Waals surface area contributed by atoms with Gasteiger partial charge in [-0.3, -0.25) is 4.79 Å². The van der Waals surface area contributed by atoms with E-state index < -0.39 is 0 Å². The van der Waals surface area contributed by atoms with Crippen LogP contribution in [-0.2, 0) is 20.9 Å². The Morgan fingerprint density at radius 3 is 2.66 bits per heavy atom. The van der Waals surface area contributed by atoms with Gasteiger partial charge in [-0.15, -0.1) is 11.3 Å². The van der Waals surface area contributed by atoms with E-state index in [0.29, 0.717) is 16.5 Å². The summed E-state index contributed by atoms with van der Waals surface area (Å²) in [6.45, 7) is 2.05. The third-order valence-corrected chi connectivity index (χ3v) is 8.34. The van der Waals surface area contributed by atoms with E-state index in [1.807, 2.05) is 32.2 Å². The first-order valence-corrected chi connectivity index (χ1v) is 13.5. The molecule has 9 heteroatoms. The summed E-state index contributed by atoms with van der Waals surface area (Å²) in [5, 5.41) is 0. The number of hydrogen-bond donors (Lipinski definition) is 0. The maximum absolute atomic E-state index is 12.5. The van der Waals surface area contributed by atoms with Crippen molar-refractivity contribution in [3.63, 3.8) is 0 Å². The van der Waals surface area contributed by atoms with E-state index in [1.165, 1.54) is 18.4 Å². The maximum Gasteiger partial charge on any atom is 0.410 e. The van der Waals surface area contributed by atoms with E-state index >= 15 is 0 Å². The Hall–Kier alpha value is -2.32. The van der Waals surface area contributed by atoms with Crippen LogP contribution in [-0.4, -0.2) is 48.2 Å². The summed E-state index contributed by atoms with van der Waals surface area (Å²) in [5.74, 6) is 0.427. The number of carbonyl (C=O) groups is 2. The fourth-order valence-electron chi connectivity index (χ4n) is 5.01. The molecule has 0 N–H and O–H groups in total. The number of thiophene rings is 1. The molecule has 0 saturated heterocycles. The van der Waals surface area contributed by atoms with Gasteiger partial charge in [0.1, 0.15) is 12.4 Å². The van der Waals surface area contributed by atoms with Gasteiger partial charge >= 0.3 is 12.1 Å². The summed E-state index contributed by atoms with van der Waals surface area (Å²) < 4.78 is 17.4. The molecule has 0 unspecified atom stereocenters. The Kier molecular flexibility index (Phi) is 8.55. The van der Waals surface area contributed by atoms with Gasteiger partial charge < -0.3 is 19.1 Å². The SMILES string of the molecule is COC(=O)[C@H]1CCC[C@H](Oc2ccc(-c3sc(Cl)cc3COC(=O)N(C)C3CCCC3)nc2C)C1. The van der Waals surface area contributed by atoms with Crippen LogP contribution in [0.15, 0.2) is 18.2 Å². The number of halogens is 1. The number of pyridine rings is 1. The fourth-order valence-corrected chi connectivity index (χ4v) is 6.24. The number of nitrogens with zero attached hydrogens (tertiary/aromatic N) is 2. The lowest BCUT2D eigenvalue weighted by Gasteiger charge is -2.28. The average molecular weight is 521 g/mol. The number of esters is 1. The molecular formula is C26H33ClN2O5S. The molecule has 2 heterocycles. The van der Waals surface area contributed by atoms with Crippen LogP contribution in [0.5, 0.6) is 5.75 Å². The summed E-state index contributed by atoms with van der Waals surface area (Å²) >= 11 is 7.74. The van der Waals surface area contributed by atoms with E-state index in [-0.39, 0.29) is 36.7 Å². The number of amides is 1. The maximum atomic E-state index is 12.5. The van der Waals surface area contributed by atoms with Gasteiger partial charge in [-0.2, -0.15) is 0 Å². The molecule has 35 heavy (non-hydrogen) atoms. The zero-order valence-corrected chi connectivity index (χ0v) is 22.1. The van der Waals surface area contributed by atoms with Gasteiger partial charge in [0.25, 0.3) is 0 Å². The van der Waals surface area contributed by atoms with E-state index in [9.17, 15) is 9.59 Å². The highest BCUT2D eigenvalue weighted by molar-refractivity contribution is 7.19. The largest absolute Gasteiger partial charge is 0.489 e. The molecule has 190 valence electrons. The number of rotatable bonds is 7. The minimum atomic E-state index is -0.309. The Bertz CT molecular complexity index is 1050. The lowest BCUT2D eigenvalue weighted by molar-refractivity contribution is -0.147. The predicted molar refractivity (Wildman–Crippen MR) is 136 cm³/mol. The third kappa shape index (κ3) is 6.28. The molecule has 2 atom stereocenters. The predicted octanol–water partition coefficient (Wildman–Crippen LogP) is 6.39. The van der Waals surface area contributed by atoms with Gasteiger partial charge in [0, 0.05) is 18.7 Å². The molecule has 1 amide bonds. The highest BCUT2D eigenvalue weighted by Crippen LogP contribution is 2.37. The number of ether oxygens (including phenoxy) is 3. The molecule has 2 fully saturated rings. The molecule has 2 aromatic rings.